The average Bonchev–Trinajstić information content (AvgIpc) is 3.38. The van der Waals surface area contributed by atoms with Crippen LogP contribution in [0.1, 0.15) is 63.0 Å². The first-order valence-electron chi connectivity index (χ1n) is 10.7. The van der Waals surface area contributed by atoms with Gasteiger partial charge in [0, 0.05) is 18.9 Å². The number of hydrogen-bond donors (Lipinski definition) is 0. The Labute approximate surface area is 173 Å². The molecular weight excluding hydrogens is 362 g/mol. The highest BCUT2D eigenvalue weighted by molar-refractivity contribution is 5.81. The summed E-state index contributed by atoms with van der Waals surface area (Å²) >= 11 is 0. The standard InChI is InChI=1S/C25H31NO3/c1-25(2,20-9-5-4-6-10-20)26-17-19(16-24(26)27)18-13-14-22(28-3)23(15-18)29-21-11-7-8-12-21/h4-6,9-10,13-15,19,21H,7-8,11-12,16-17H2,1-3H3/t19-/m0/s1. The van der Waals surface area contributed by atoms with Gasteiger partial charge in [-0.25, -0.2) is 0 Å². The van der Waals surface area contributed by atoms with Gasteiger partial charge in [0.15, 0.2) is 11.5 Å². The van der Waals surface area contributed by atoms with E-state index in [1.165, 1.54) is 12.8 Å². The molecule has 0 unspecified atom stereocenters. The van der Waals surface area contributed by atoms with Crippen LogP contribution in [0, 0.1) is 0 Å². The predicted octanol–water partition coefficient (Wildman–Crippen LogP) is 5.27. The Morgan fingerprint density at radius 3 is 2.41 bits per heavy atom. The number of ether oxygens (including phenoxy) is 2. The van der Waals surface area contributed by atoms with E-state index in [0.29, 0.717) is 6.42 Å². The van der Waals surface area contributed by atoms with Crippen molar-refractivity contribution < 1.29 is 14.3 Å². The van der Waals surface area contributed by atoms with Gasteiger partial charge in [-0.3, -0.25) is 4.79 Å². The summed E-state index contributed by atoms with van der Waals surface area (Å²) in [6.07, 6.45) is 5.48. The second-order valence-electron chi connectivity index (χ2n) is 8.77. The first kappa shape index (κ1) is 19.8. The van der Waals surface area contributed by atoms with Gasteiger partial charge in [-0.15, -0.1) is 0 Å². The molecule has 0 bridgehead atoms. The molecule has 1 amide bonds. The lowest BCUT2D eigenvalue weighted by atomic mass is 9.92. The molecule has 4 nitrogen and oxygen atoms in total. The fraction of sp³-hybridized carbons (Fsp3) is 0.480. The molecular formula is C25H31NO3. The van der Waals surface area contributed by atoms with Crippen molar-refractivity contribution in [1.29, 1.82) is 0 Å². The van der Waals surface area contributed by atoms with Gasteiger partial charge in [-0.2, -0.15) is 0 Å². The van der Waals surface area contributed by atoms with Crippen LogP contribution in [0.15, 0.2) is 48.5 Å². The third-order valence-corrected chi connectivity index (χ3v) is 6.53. The van der Waals surface area contributed by atoms with Crippen LogP contribution in [-0.4, -0.2) is 30.6 Å². The lowest BCUT2D eigenvalue weighted by molar-refractivity contribution is -0.132. The summed E-state index contributed by atoms with van der Waals surface area (Å²) in [5, 5.41) is 0. The minimum absolute atomic E-state index is 0.169. The van der Waals surface area contributed by atoms with E-state index in [0.717, 1.165) is 42.0 Å². The highest BCUT2D eigenvalue weighted by atomic mass is 16.5. The maximum atomic E-state index is 12.9. The number of methoxy groups -OCH3 is 1. The van der Waals surface area contributed by atoms with Crippen LogP contribution in [0.5, 0.6) is 11.5 Å². The Morgan fingerprint density at radius 2 is 1.72 bits per heavy atom. The molecule has 154 valence electrons. The largest absolute Gasteiger partial charge is 0.493 e. The average molecular weight is 394 g/mol. The van der Waals surface area contributed by atoms with Crippen LogP contribution in [0.2, 0.25) is 0 Å². The molecule has 4 heteroatoms. The third-order valence-electron chi connectivity index (χ3n) is 6.53. The first-order chi connectivity index (χ1) is 14.0. The summed E-state index contributed by atoms with van der Waals surface area (Å²) in [6, 6.07) is 16.4. The smallest absolute Gasteiger partial charge is 0.223 e. The van der Waals surface area contributed by atoms with E-state index >= 15 is 0 Å². The van der Waals surface area contributed by atoms with E-state index in [4.69, 9.17) is 9.47 Å². The lowest BCUT2D eigenvalue weighted by Gasteiger charge is -2.36. The normalized spacial score (nSPS) is 20.3. The third kappa shape index (κ3) is 3.98. The van der Waals surface area contributed by atoms with Crippen molar-refractivity contribution in [2.45, 2.75) is 63.5 Å². The van der Waals surface area contributed by atoms with Gasteiger partial charge in [0.05, 0.1) is 18.8 Å². The highest BCUT2D eigenvalue weighted by Gasteiger charge is 2.40. The van der Waals surface area contributed by atoms with Gasteiger partial charge in [-0.05, 0) is 62.8 Å². The lowest BCUT2D eigenvalue weighted by Crippen LogP contribution is -2.42. The van der Waals surface area contributed by atoms with Gasteiger partial charge in [-0.1, -0.05) is 36.4 Å². The van der Waals surface area contributed by atoms with E-state index in [9.17, 15) is 4.79 Å². The Morgan fingerprint density at radius 1 is 1.00 bits per heavy atom. The maximum Gasteiger partial charge on any atom is 0.223 e. The van der Waals surface area contributed by atoms with E-state index in [1.807, 2.05) is 29.2 Å². The van der Waals surface area contributed by atoms with Gasteiger partial charge in [0.2, 0.25) is 5.91 Å². The second-order valence-corrected chi connectivity index (χ2v) is 8.77. The van der Waals surface area contributed by atoms with Crippen molar-refractivity contribution in [2.75, 3.05) is 13.7 Å². The number of nitrogens with zero attached hydrogens (tertiary/aromatic N) is 1. The van der Waals surface area contributed by atoms with Crippen molar-refractivity contribution in [3.8, 4) is 11.5 Å². The van der Waals surface area contributed by atoms with Gasteiger partial charge < -0.3 is 14.4 Å². The molecule has 2 aromatic carbocycles. The van der Waals surface area contributed by atoms with Crippen LogP contribution in [0.4, 0.5) is 0 Å². The van der Waals surface area contributed by atoms with Crippen LogP contribution in [0.25, 0.3) is 0 Å². The topological polar surface area (TPSA) is 38.8 Å². The van der Waals surface area contributed by atoms with E-state index < -0.39 is 0 Å². The van der Waals surface area contributed by atoms with Crippen LogP contribution < -0.4 is 9.47 Å². The fourth-order valence-electron chi connectivity index (χ4n) is 4.70. The Kier molecular flexibility index (Phi) is 5.53. The van der Waals surface area contributed by atoms with Crippen molar-refractivity contribution in [3.63, 3.8) is 0 Å². The number of benzene rings is 2. The van der Waals surface area contributed by atoms with Crippen molar-refractivity contribution in [1.82, 2.24) is 4.90 Å². The number of amides is 1. The zero-order valence-electron chi connectivity index (χ0n) is 17.7. The number of hydrogen-bond acceptors (Lipinski definition) is 3. The number of likely N-dealkylation sites (tertiary alicyclic amines) is 1. The van der Waals surface area contributed by atoms with Crippen LogP contribution in [0.3, 0.4) is 0 Å². The molecule has 2 fully saturated rings. The molecule has 1 aliphatic heterocycles. The van der Waals surface area contributed by atoms with Gasteiger partial charge in [0.1, 0.15) is 0 Å². The second kappa shape index (κ2) is 8.10. The molecule has 0 aromatic heterocycles. The summed E-state index contributed by atoms with van der Waals surface area (Å²) in [5.41, 5.74) is 1.98. The highest BCUT2D eigenvalue weighted by Crippen LogP contribution is 2.40. The molecule has 0 radical (unpaired) electrons. The molecule has 2 aromatic rings. The Bertz CT molecular complexity index is 856. The summed E-state index contributed by atoms with van der Waals surface area (Å²) in [4.78, 5) is 15.0. The van der Waals surface area contributed by atoms with Crippen LogP contribution >= 0.6 is 0 Å². The van der Waals surface area contributed by atoms with Crippen molar-refractivity contribution in [2.24, 2.45) is 0 Å². The number of rotatable bonds is 6. The summed E-state index contributed by atoms with van der Waals surface area (Å²) < 4.78 is 11.8. The Hall–Kier alpha value is -2.49. The molecule has 1 saturated carbocycles. The molecule has 29 heavy (non-hydrogen) atoms. The van der Waals surface area contributed by atoms with Crippen molar-refractivity contribution >= 4 is 5.91 Å². The summed E-state index contributed by atoms with van der Waals surface area (Å²) in [7, 11) is 1.68. The first-order valence-corrected chi connectivity index (χ1v) is 10.7. The molecule has 1 aliphatic carbocycles. The fourth-order valence-corrected chi connectivity index (χ4v) is 4.70. The van der Waals surface area contributed by atoms with Crippen LogP contribution in [-0.2, 0) is 10.3 Å². The van der Waals surface area contributed by atoms with Gasteiger partial charge >= 0.3 is 0 Å². The minimum atomic E-state index is -0.331. The molecule has 4 rings (SSSR count). The minimum Gasteiger partial charge on any atom is -0.493 e. The monoisotopic (exact) mass is 393 g/mol. The molecule has 1 heterocycles. The molecule has 0 N–H and O–H groups in total. The molecule has 1 atom stereocenters. The summed E-state index contributed by atoms with van der Waals surface area (Å²) in [5.74, 6) is 1.96. The summed E-state index contributed by atoms with van der Waals surface area (Å²) in [6.45, 7) is 4.98. The molecule has 0 spiro atoms. The maximum absolute atomic E-state index is 12.9. The molecule has 1 saturated heterocycles. The zero-order valence-corrected chi connectivity index (χ0v) is 17.7. The van der Waals surface area contributed by atoms with E-state index in [-0.39, 0.29) is 23.5 Å². The quantitative estimate of drug-likeness (QED) is 0.671. The predicted molar refractivity (Wildman–Crippen MR) is 114 cm³/mol. The van der Waals surface area contributed by atoms with E-state index in [1.54, 1.807) is 7.11 Å². The zero-order chi connectivity index (χ0) is 20.4. The SMILES string of the molecule is COc1ccc([C@H]2CC(=O)N(C(C)(C)c3ccccc3)C2)cc1OC1CCCC1. The van der Waals surface area contributed by atoms with Gasteiger partial charge in [0.25, 0.3) is 0 Å². The van der Waals surface area contributed by atoms with Crippen molar-refractivity contribution in [3.05, 3.63) is 59.7 Å². The van der Waals surface area contributed by atoms with E-state index in [2.05, 4.69) is 38.1 Å². The Balaban J connectivity index is 1.55. The molecule has 2 aliphatic rings. The number of carbonyl (C=O) groups excluding carboxylic acids is 1. The number of carbonyl (C=O) groups is 1.